The van der Waals surface area contributed by atoms with E-state index in [-0.39, 0.29) is 0 Å². The molecule has 0 fully saturated rings. The Bertz CT molecular complexity index is 905. The molecule has 0 N–H and O–H groups in total. The summed E-state index contributed by atoms with van der Waals surface area (Å²) in [5.74, 6) is -17.1. The van der Waals surface area contributed by atoms with Crippen molar-refractivity contribution in [3.63, 3.8) is 0 Å². The van der Waals surface area contributed by atoms with Gasteiger partial charge in [-0.05, 0) is 19.1 Å². The third kappa shape index (κ3) is 3.57. The molecule has 0 saturated heterocycles. The van der Waals surface area contributed by atoms with Crippen LogP contribution in [0.25, 0.3) is 5.69 Å². The van der Waals surface area contributed by atoms with Crippen LogP contribution in [0.5, 0.6) is 0 Å². The van der Waals surface area contributed by atoms with E-state index in [2.05, 4.69) is 10.2 Å². The Kier molecular flexibility index (Phi) is 5.05. The Morgan fingerprint density at radius 3 is 1.59 bits per heavy atom. The second-order valence-electron chi connectivity index (χ2n) is 5.55. The van der Waals surface area contributed by atoms with Gasteiger partial charge in [0.05, 0.1) is 4.92 Å². The van der Waals surface area contributed by atoms with Crippen LogP contribution in [0.2, 0.25) is 0 Å². The predicted octanol–water partition coefficient (Wildman–Crippen LogP) is 4.79. The van der Waals surface area contributed by atoms with Crippen molar-refractivity contribution >= 4 is 5.69 Å². The van der Waals surface area contributed by atoms with Crippen molar-refractivity contribution in [2.75, 3.05) is 0 Å². The van der Waals surface area contributed by atoms with E-state index in [1.54, 1.807) is 0 Å². The number of aryl methyl sites for hydroxylation is 1. The summed E-state index contributed by atoms with van der Waals surface area (Å²) < 4.78 is 130. The molecule has 1 aromatic carbocycles. The van der Waals surface area contributed by atoms with Crippen LogP contribution in [0.3, 0.4) is 0 Å². The molecule has 0 radical (unpaired) electrons. The quantitative estimate of drug-likeness (QED) is 0.389. The Hall–Kier alpha value is -2.94. The van der Waals surface area contributed by atoms with Crippen LogP contribution < -0.4 is 0 Å². The maximum atomic E-state index is 13.7. The first-order valence-electron chi connectivity index (χ1n) is 7.03. The van der Waals surface area contributed by atoms with Crippen molar-refractivity contribution in [3.8, 4) is 5.69 Å². The molecule has 160 valence electrons. The van der Waals surface area contributed by atoms with Crippen molar-refractivity contribution in [3.05, 3.63) is 45.5 Å². The topological polar surface area (TPSA) is 73.8 Å². The molecular weight excluding hydrogens is 434 g/mol. The van der Waals surface area contributed by atoms with E-state index in [9.17, 15) is 54.0 Å². The van der Waals surface area contributed by atoms with Crippen LogP contribution in [-0.4, -0.2) is 32.0 Å². The second kappa shape index (κ2) is 6.55. The lowest BCUT2D eigenvalue weighted by Crippen LogP contribution is -2.39. The molecule has 1 aromatic heterocycles. The Morgan fingerprint density at radius 1 is 0.862 bits per heavy atom. The summed E-state index contributed by atoms with van der Waals surface area (Å²) >= 11 is 0. The molecular formula is C13H6F10N4O2. The number of nitrogens with zero attached hydrogens (tertiary/aromatic N) is 4. The maximum Gasteiger partial charge on any atom is 0.461 e. The monoisotopic (exact) mass is 440 g/mol. The van der Waals surface area contributed by atoms with E-state index >= 15 is 0 Å². The van der Waals surface area contributed by atoms with Gasteiger partial charge in [-0.25, -0.2) is 0 Å². The average molecular weight is 440 g/mol. The van der Waals surface area contributed by atoms with E-state index in [1.165, 1.54) is 0 Å². The summed E-state index contributed by atoms with van der Waals surface area (Å²) in [4.78, 5) is 9.77. The first kappa shape index (κ1) is 22.4. The summed E-state index contributed by atoms with van der Waals surface area (Å²) in [5, 5.41) is 15.2. The van der Waals surface area contributed by atoms with Gasteiger partial charge in [0.15, 0.2) is 0 Å². The molecule has 0 aliphatic rings. The van der Waals surface area contributed by atoms with Crippen LogP contribution in [0.1, 0.15) is 17.2 Å². The highest BCUT2D eigenvalue weighted by atomic mass is 19.4. The zero-order valence-corrected chi connectivity index (χ0v) is 13.6. The van der Waals surface area contributed by atoms with Crippen molar-refractivity contribution < 1.29 is 48.8 Å². The Balaban J connectivity index is 2.89. The number of hydrogen-bond acceptors (Lipinski definition) is 4. The van der Waals surface area contributed by atoms with Crippen LogP contribution in [0.15, 0.2) is 18.2 Å². The molecule has 6 nitrogen and oxygen atoms in total. The largest absolute Gasteiger partial charge is 0.461 e. The first-order valence-corrected chi connectivity index (χ1v) is 7.03. The fourth-order valence-electron chi connectivity index (χ4n) is 2.17. The number of rotatable bonds is 4. The second-order valence-corrected chi connectivity index (χ2v) is 5.55. The van der Waals surface area contributed by atoms with Gasteiger partial charge in [0.2, 0.25) is 11.6 Å². The molecule has 1 heterocycles. The van der Waals surface area contributed by atoms with Crippen LogP contribution in [0, 0.1) is 17.0 Å². The smallest absolute Gasteiger partial charge is 0.272 e. The van der Waals surface area contributed by atoms with Crippen LogP contribution >= 0.6 is 0 Å². The van der Waals surface area contributed by atoms with Gasteiger partial charge < -0.3 is 0 Å². The number of benzene rings is 1. The highest BCUT2D eigenvalue weighted by Gasteiger charge is 2.66. The number of aromatic nitrogens is 3. The molecule has 0 amide bonds. The van der Waals surface area contributed by atoms with Crippen molar-refractivity contribution in [1.29, 1.82) is 0 Å². The highest BCUT2D eigenvalue weighted by Crippen LogP contribution is 2.48. The van der Waals surface area contributed by atoms with Gasteiger partial charge in [0.25, 0.3) is 5.69 Å². The molecule has 29 heavy (non-hydrogen) atoms. The minimum Gasteiger partial charge on any atom is -0.272 e. The van der Waals surface area contributed by atoms with E-state index in [4.69, 9.17) is 0 Å². The average Bonchev–Trinajstić information content (AvgIpc) is 2.98. The number of nitro benzene ring substituents is 1. The predicted molar refractivity (Wildman–Crippen MR) is 72.6 cm³/mol. The first-order chi connectivity index (χ1) is 12.9. The van der Waals surface area contributed by atoms with Gasteiger partial charge in [-0.3, -0.25) is 14.7 Å². The van der Waals surface area contributed by atoms with Gasteiger partial charge >= 0.3 is 24.2 Å². The van der Waals surface area contributed by atoms with Gasteiger partial charge in [-0.15, -0.1) is 10.2 Å². The molecule has 0 unspecified atom stereocenters. The lowest BCUT2D eigenvalue weighted by molar-refractivity contribution is -0.385. The Labute approximate surface area is 152 Å². The number of nitro groups is 1. The summed E-state index contributed by atoms with van der Waals surface area (Å²) in [7, 11) is 0. The van der Waals surface area contributed by atoms with Crippen molar-refractivity contribution in [1.82, 2.24) is 14.8 Å². The molecule has 0 aliphatic heterocycles. The standard InChI is InChI=1S/C13H6F10N4O2/c1-5-4-6(2-3-7(5)27(28)29)26-8(10(14,15)12(18,19)20)24-25-9(26)11(16,17)13(21,22)23/h2-4H,1H3. The van der Waals surface area contributed by atoms with Gasteiger partial charge in [0, 0.05) is 17.3 Å². The molecule has 0 aliphatic carbocycles. The lowest BCUT2D eigenvalue weighted by atomic mass is 10.1. The minimum absolute atomic E-state index is 0.403. The normalized spacial score (nSPS) is 13.6. The summed E-state index contributed by atoms with van der Waals surface area (Å²) in [6.07, 6.45) is -12.8. The van der Waals surface area contributed by atoms with E-state index in [0.717, 1.165) is 6.92 Å². The third-order valence-corrected chi connectivity index (χ3v) is 3.57. The Morgan fingerprint density at radius 2 is 1.28 bits per heavy atom. The summed E-state index contributed by atoms with van der Waals surface area (Å²) in [6, 6.07) is 1.39. The SMILES string of the molecule is Cc1cc(-n2c(C(F)(F)C(F)(F)F)nnc2C(F)(F)C(F)(F)F)ccc1[N+](=O)[O-]. The number of hydrogen-bond donors (Lipinski definition) is 0. The van der Waals surface area contributed by atoms with Gasteiger partial charge in [-0.2, -0.15) is 43.9 Å². The van der Waals surface area contributed by atoms with E-state index in [0.29, 0.717) is 18.2 Å². The van der Waals surface area contributed by atoms with Crippen molar-refractivity contribution in [2.24, 2.45) is 0 Å². The highest BCUT2D eigenvalue weighted by molar-refractivity contribution is 5.49. The molecule has 0 bridgehead atoms. The lowest BCUT2D eigenvalue weighted by Gasteiger charge is -2.23. The number of halogens is 10. The molecule has 2 aromatic rings. The van der Waals surface area contributed by atoms with Gasteiger partial charge in [0.1, 0.15) is 0 Å². The molecule has 0 spiro atoms. The molecule has 0 atom stereocenters. The summed E-state index contributed by atoms with van der Waals surface area (Å²) in [6.45, 7) is 0.954. The zero-order chi connectivity index (χ0) is 22.6. The molecule has 2 rings (SSSR count). The van der Waals surface area contributed by atoms with Crippen molar-refractivity contribution in [2.45, 2.75) is 31.1 Å². The number of alkyl halides is 10. The molecule has 0 saturated carbocycles. The minimum atomic E-state index is -6.42. The van der Waals surface area contributed by atoms with E-state index < -0.39 is 62.3 Å². The van der Waals surface area contributed by atoms with Gasteiger partial charge in [-0.1, -0.05) is 0 Å². The fraction of sp³-hybridized carbons (Fsp3) is 0.385. The van der Waals surface area contributed by atoms with Crippen LogP contribution in [0.4, 0.5) is 49.6 Å². The van der Waals surface area contributed by atoms with Crippen LogP contribution in [-0.2, 0) is 11.8 Å². The molecule has 16 heteroatoms. The third-order valence-electron chi connectivity index (χ3n) is 3.57. The zero-order valence-electron chi connectivity index (χ0n) is 13.6. The fourth-order valence-corrected chi connectivity index (χ4v) is 2.17. The maximum absolute atomic E-state index is 13.7. The summed E-state index contributed by atoms with van der Waals surface area (Å²) in [5.41, 5.74) is -2.23. The van der Waals surface area contributed by atoms with E-state index in [1.807, 2.05) is 0 Å².